The van der Waals surface area contributed by atoms with Crippen LogP contribution >= 0.6 is 0 Å². The van der Waals surface area contributed by atoms with E-state index in [1.807, 2.05) is 0 Å². The van der Waals surface area contributed by atoms with Crippen LogP contribution in [0.5, 0.6) is 0 Å². The highest BCUT2D eigenvalue weighted by Crippen LogP contribution is 2.34. The average molecular weight is 480 g/mol. The Bertz CT molecular complexity index is 1040. The summed E-state index contributed by atoms with van der Waals surface area (Å²) in [5, 5.41) is 5.82. The lowest BCUT2D eigenvalue weighted by Crippen LogP contribution is -2.33. The molecule has 0 saturated heterocycles. The lowest BCUT2D eigenvalue weighted by molar-refractivity contribution is -0.120. The minimum absolute atomic E-state index is 0.0635. The van der Waals surface area contributed by atoms with Crippen LogP contribution < -0.4 is 10.6 Å². The van der Waals surface area contributed by atoms with Gasteiger partial charge in [-0.05, 0) is 62.6 Å². The summed E-state index contributed by atoms with van der Waals surface area (Å²) in [5.74, 6) is -0.728. The van der Waals surface area contributed by atoms with Crippen molar-refractivity contribution in [2.24, 2.45) is 10.9 Å². The van der Waals surface area contributed by atoms with E-state index in [-0.39, 0.29) is 17.6 Å². The van der Waals surface area contributed by atoms with Crippen LogP contribution in [0.4, 0.5) is 11.4 Å². The topological polar surface area (TPSA) is 94.1 Å². The predicted octanol–water partition coefficient (Wildman–Crippen LogP) is 3.54. The van der Waals surface area contributed by atoms with Gasteiger partial charge in [-0.25, -0.2) is 0 Å². The maximum atomic E-state index is 13.2. The zero-order chi connectivity index (χ0) is 25.4. The number of benzene rings is 1. The molecule has 1 unspecified atom stereocenters. The number of carbonyl (C=O) groups excluding carboxylic acids is 3. The van der Waals surface area contributed by atoms with Gasteiger partial charge < -0.3 is 20.4 Å². The molecule has 2 N–H and O–H groups in total. The number of nitrogens with one attached hydrogen (secondary N) is 2. The zero-order valence-corrected chi connectivity index (χ0v) is 21.3. The summed E-state index contributed by atoms with van der Waals surface area (Å²) in [7, 11) is 0. The second-order valence-electron chi connectivity index (χ2n) is 8.72. The van der Waals surface area contributed by atoms with Crippen LogP contribution in [0, 0.1) is 5.92 Å². The summed E-state index contributed by atoms with van der Waals surface area (Å²) in [5.41, 5.74) is 2.94. The minimum Gasteiger partial charge on any atom is -0.326 e. The SMILES string of the molecule is CCN(CC)CCC(=O)NC1=CC2C(=O)c3ccc(NC(=O)CCN(CC)CC)cc3N=C2C=C1. The second kappa shape index (κ2) is 12.6. The third-order valence-corrected chi connectivity index (χ3v) is 6.56. The molecule has 1 aromatic carbocycles. The fourth-order valence-corrected chi connectivity index (χ4v) is 4.26. The molecule has 1 heterocycles. The molecule has 8 nitrogen and oxygen atoms in total. The van der Waals surface area contributed by atoms with E-state index in [2.05, 4.69) is 53.1 Å². The Hall–Kier alpha value is -3.10. The van der Waals surface area contributed by atoms with Crippen molar-refractivity contribution < 1.29 is 14.4 Å². The summed E-state index contributed by atoms with van der Waals surface area (Å²) >= 11 is 0. The number of nitrogens with zero attached hydrogens (tertiary/aromatic N) is 3. The van der Waals surface area contributed by atoms with Gasteiger partial charge in [0.1, 0.15) is 0 Å². The quantitative estimate of drug-likeness (QED) is 0.478. The van der Waals surface area contributed by atoms with Crippen molar-refractivity contribution in [2.75, 3.05) is 44.6 Å². The molecule has 0 radical (unpaired) electrons. The molecule has 8 heteroatoms. The van der Waals surface area contributed by atoms with E-state index in [4.69, 9.17) is 0 Å². The minimum atomic E-state index is -0.528. The van der Waals surface area contributed by atoms with Crippen molar-refractivity contribution in [1.29, 1.82) is 0 Å². The van der Waals surface area contributed by atoms with E-state index in [0.717, 1.165) is 26.2 Å². The molecular weight excluding hydrogens is 442 g/mol. The van der Waals surface area contributed by atoms with Crippen LogP contribution in [0.3, 0.4) is 0 Å². The molecule has 0 aromatic heterocycles. The highest BCUT2D eigenvalue weighted by Gasteiger charge is 2.31. The van der Waals surface area contributed by atoms with Crippen molar-refractivity contribution in [3.63, 3.8) is 0 Å². The highest BCUT2D eigenvalue weighted by molar-refractivity contribution is 6.23. The predicted molar refractivity (Wildman–Crippen MR) is 140 cm³/mol. The van der Waals surface area contributed by atoms with Crippen molar-refractivity contribution in [2.45, 2.75) is 40.5 Å². The number of Topliss-reactive ketones (excluding diaryl/α,β-unsaturated/α-hetero) is 1. The number of ketones is 1. The third-order valence-electron chi connectivity index (χ3n) is 6.56. The summed E-state index contributed by atoms with van der Waals surface area (Å²) in [6, 6.07) is 5.20. The fraction of sp³-hybridized carbons (Fsp3) is 0.481. The van der Waals surface area contributed by atoms with E-state index < -0.39 is 5.92 Å². The number of carbonyl (C=O) groups is 3. The van der Waals surface area contributed by atoms with Gasteiger partial charge in [0.2, 0.25) is 11.8 Å². The third kappa shape index (κ3) is 6.96. The number of amides is 2. The number of allylic oxidation sites excluding steroid dienone is 3. The van der Waals surface area contributed by atoms with E-state index in [1.54, 1.807) is 36.4 Å². The molecule has 3 rings (SSSR count). The largest absolute Gasteiger partial charge is 0.326 e. The number of hydrogen-bond donors (Lipinski definition) is 2. The van der Waals surface area contributed by atoms with Gasteiger partial charge in [0.25, 0.3) is 0 Å². The maximum absolute atomic E-state index is 13.2. The number of fused-ring (bicyclic) bond motifs is 2. The van der Waals surface area contributed by atoms with Crippen LogP contribution in [-0.2, 0) is 9.59 Å². The van der Waals surface area contributed by atoms with Crippen LogP contribution in [0.1, 0.15) is 50.9 Å². The summed E-state index contributed by atoms with van der Waals surface area (Å²) < 4.78 is 0. The molecule has 0 saturated carbocycles. The molecule has 1 aliphatic heterocycles. The Morgan fingerprint density at radius 3 is 2.09 bits per heavy atom. The second-order valence-corrected chi connectivity index (χ2v) is 8.72. The first-order valence-electron chi connectivity index (χ1n) is 12.6. The summed E-state index contributed by atoms with van der Waals surface area (Å²) in [6.07, 6.45) is 6.13. The van der Waals surface area contributed by atoms with E-state index in [9.17, 15) is 14.4 Å². The molecule has 35 heavy (non-hydrogen) atoms. The van der Waals surface area contributed by atoms with Gasteiger partial charge >= 0.3 is 0 Å². The van der Waals surface area contributed by atoms with Gasteiger partial charge in [-0.1, -0.05) is 27.7 Å². The highest BCUT2D eigenvalue weighted by atomic mass is 16.2. The van der Waals surface area contributed by atoms with Crippen molar-refractivity contribution in [3.05, 3.63) is 47.7 Å². The number of aliphatic imine (C=N–C) groups is 1. The standard InChI is InChI=1S/C27H37N5O3/c1-5-31(6-2)15-13-25(33)28-19-10-12-23-22(17-19)27(35)21-11-9-20(18-24(21)30-23)29-26(34)14-16-32(7-3)8-4/h9-12,17-18,22H,5-8,13-16H2,1-4H3,(H,28,33)(H,29,34). The van der Waals surface area contributed by atoms with Crippen molar-refractivity contribution in [1.82, 2.24) is 15.1 Å². The van der Waals surface area contributed by atoms with Gasteiger partial charge in [0, 0.05) is 42.9 Å². The molecule has 2 aliphatic rings. The molecule has 188 valence electrons. The molecule has 2 amide bonds. The van der Waals surface area contributed by atoms with Gasteiger partial charge in [-0.2, -0.15) is 0 Å². The smallest absolute Gasteiger partial charge is 0.225 e. The molecule has 0 fully saturated rings. The van der Waals surface area contributed by atoms with E-state index in [1.165, 1.54) is 0 Å². The molecule has 1 aliphatic carbocycles. The van der Waals surface area contributed by atoms with Gasteiger partial charge in [-0.3, -0.25) is 19.4 Å². The molecular formula is C27H37N5O3. The summed E-state index contributed by atoms with van der Waals surface area (Å²) in [6.45, 7) is 13.3. The lowest BCUT2D eigenvalue weighted by Gasteiger charge is -2.24. The first-order chi connectivity index (χ1) is 16.9. The van der Waals surface area contributed by atoms with Crippen LogP contribution in [0.15, 0.2) is 47.1 Å². The van der Waals surface area contributed by atoms with Gasteiger partial charge in [0.15, 0.2) is 5.78 Å². The Kier molecular flexibility index (Phi) is 9.51. The Labute approximate surface area is 208 Å². The Morgan fingerprint density at radius 1 is 0.886 bits per heavy atom. The number of anilines is 1. The van der Waals surface area contributed by atoms with Gasteiger partial charge in [0.05, 0.1) is 17.3 Å². The van der Waals surface area contributed by atoms with Crippen molar-refractivity contribution >= 4 is 34.7 Å². The van der Waals surface area contributed by atoms with E-state index in [0.29, 0.717) is 54.3 Å². The number of hydrogen-bond acceptors (Lipinski definition) is 6. The zero-order valence-electron chi connectivity index (χ0n) is 21.3. The molecule has 0 spiro atoms. The van der Waals surface area contributed by atoms with Crippen molar-refractivity contribution in [3.8, 4) is 0 Å². The van der Waals surface area contributed by atoms with E-state index >= 15 is 0 Å². The first-order valence-corrected chi connectivity index (χ1v) is 12.6. The van der Waals surface area contributed by atoms with Crippen LogP contribution in [0.25, 0.3) is 0 Å². The summed E-state index contributed by atoms with van der Waals surface area (Å²) in [4.78, 5) is 47.0. The van der Waals surface area contributed by atoms with Crippen LogP contribution in [0.2, 0.25) is 0 Å². The maximum Gasteiger partial charge on any atom is 0.225 e. The monoisotopic (exact) mass is 479 g/mol. The Morgan fingerprint density at radius 2 is 1.49 bits per heavy atom. The van der Waals surface area contributed by atoms with Crippen LogP contribution in [-0.4, -0.2) is 72.4 Å². The molecule has 1 aromatic rings. The Balaban J connectivity index is 1.64. The fourth-order valence-electron chi connectivity index (χ4n) is 4.26. The van der Waals surface area contributed by atoms with Gasteiger partial charge in [-0.15, -0.1) is 0 Å². The average Bonchev–Trinajstić information content (AvgIpc) is 2.85. The number of rotatable bonds is 12. The normalized spacial score (nSPS) is 16.5. The lowest BCUT2D eigenvalue weighted by atomic mass is 9.85. The molecule has 1 atom stereocenters. The first kappa shape index (κ1) is 26.5. The molecule has 0 bridgehead atoms.